The number of nitrogens with zero attached hydrogens (tertiary/aromatic N) is 1. The van der Waals surface area contributed by atoms with E-state index in [1.807, 2.05) is 29.7 Å². The number of nitrogens with one attached hydrogen (secondary N) is 1. The van der Waals surface area contributed by atoms with Crippen LogP contribution in [0.4, 0.5) is 5.69 Å². The first-order valence-electron chi connectivity index (χ1n) is 6.45. The van der Waals surface area contributed by atoms with E-state index in [1.54, 1.807) is 12.3 Å². The zero-order valence-corrected chi connectivity index (χ0v) is 13.8. The summed E-state index contributed by atoms with van der Waals surface area (Å²) in [6.07, 6.45) is 2.73. The Bertz CT molecular complexity index is 637. The van der Waals surface area contributed by atoms with E-state index in [0.29, 0.717) is 10.7 Å². The molecule has 3 nitrogen and oxygen atoms in total. The lowest BCUT2D eigenvalue weighted by Gasteiger charge is -2.11. The van der Waals surface area contributed by atoms with E-state index in [9.17, 15) is 4.79 Å². The van der Waals surface area contributed by atoms with Crippen molar-refractivity contribution in [3.8, 4) is 0 Å². The Balaban J connectivity index is 2.26. The maximum absolute atomic E-state index is 12.4. The number of anilines is 1. The maximum Gasteiger partial charge on any atom is 0.272 e. The SMILES string of the molecule is CCCn1cc(Cl)cc1C(=O)Nc1cccc(C)c1Br. The summed E-state index contributed by atoms with van der Waals surface area (Å²) in [5.74, 6) is -0.156. The number of hydrogen-bond acceptors (Lipinski definition) is 1. The highest BCUT2D eigenvalue weighted by Crippen LogP contribution is 2.26. The molecule has 0 bridgehead atoms. The lowest BCUT2D eigenvalue weighted by atomic mass is 10.2. The van der Waals surface area contributed by atoms with Gasteiger partial charge in [-0.1, -0.05) is 30.7 Å². The van der Waals surface area contributed by atoms with Gasteiger partial charge < -0.3 is 9.88 Å². The van der Waals surface area contributed by atoms with Crippen LogP contribution < -0.4 is 5.32 Å². The molecule has 1 aromatic heterocycles. The molecule has 20 heavy (non-hydrogen) atoms. The molecule has 0 saturated heterocycles. The first kappa shape index (κ1) is 15.1. The summed E-state index contributed by atoms with van der Waals surface area (Å²) in [5.41, 5.74) is 2.41. The van der Waals surface area contributed by atoms with Gasteiger partial charge in [0.25, 0.3) is 5.91 Å². The Kier molecular flexibility index (Phi) is 4.89. The van der Waals surface area contributed by atoms with Crippen molar-refractivity contribution in [1.29, 1.82) is 0 Å². The van der Waals surface area contributed by atoms with Gasteiger partial charge in [-0.05, 0) is 47.0 Å². The van der Waals surface area contributed by atoms with Crippen LogP contribution in [-0.4, -0.2) is 10.5 Å². The second-order valence-electron chi connectivity index (χ2n) is 4.63. The van der Waals surface area contributed by atoms with Crippen LogP contribution in [0.5, 0.6) is 0 Å². The summed E-state index contributed by atoms with van der Waals surface area (Å²) in [5, 5.41) is 3.49. The Labute approximate surface area is 132 Å². The normalized spacial score (nSPS) is 10.6. The summed E-state index contributed by atoms with van der Waals surface area (Å²) in [6, 6.07) is 7.45. The van der Waals surface area contributed by atoms with Gasteiger partial charge in [0.2, 0.25) is 0 Å². The quantitative estimate of drug-likeness (QED) is 0.833. The molecule has 0 unspecified atom stereocenters. The van der Waals surface area contributed by atoms with Crippen LogP contribution in [-0.2, 0) is 6.54 Å². The minimum absolute atomic E-state index is 0.156. The van der Waals surface area contributed by atoms with E-state index in [0.717, 1.165) is 28.7 Å². The van der Waals surface area contributed by atoms with E-state index < -0.39 is 0 Å². The second kappa shape index (κ2) is 6.46. The second-order valence-corrected chi connectivity index (χ2v) is 5.86. The third-order valence-electron chi connectivity index (χ3n) is 3.00. The van der Waals surface area contributed by atoms with Gasteiger partial charge in [-0.15, -0.1) is 0 Å². The number of rotatable bonds is 4. The van der Waals surface area contributed by atoms with E-state index in [-0.39, 0.29) is 5.91 Å². The maximum atomic E-state index is 12.4. The number of halogens is 2. The van der Waals surface area contributed by atoms with Gasteiger partial charge in [0, 0.05) is 17.2 Å². The van der Waals surface area contributed by atoms with Gasteiger partial charge in [-0.25, -0.2) is 0 Å². The van der Waals surface area contributed by atoms with Crippen molar-refractivity contribution in [3.63, 3.8) is 0 Å². The third kappa shape index (κ3) is 3.25. The highest BCUT2D eigenvalue weighted by molar-refractivity contribution is 9.10. The van der Waals surface area contributed by atoms with Crippen LogP contribution in [0, 0.1) is 6.92 Å². The number of hydrogen-bond donors (Lipinski definition) is 1. The summed E-state index contributed by atoms with van der Waals surface area (Å²) >= 11 is 9.48. The topological polar surface area (TPSA) is 34.0 Å². The number of aryl methyl sites for hydroxylation is 2. The first-order chi connectivity index (χ1) is 9.52. The molecule has 1 heterocycles. The van der Waals surface area contributed by atoms with Crippen LogP contribution in [0.2, 0.25) is 5.02 Å². The summed E-state index contributed by atoms with van der Waals surface area (Å²) in [4.78, 5) is 12.4. The minimum Gasteiger partial charge on any atom is -0.342 e. The van der Waals surface area contributed by atoms with E-state index in [1.165, 1.54) is 0 Å². The fraction of sp³-hybridized carbons (Fsp3) is 0.267. The fourth-order valence-electron chi connectivity index (χ4n) is 2.02. The molecule has 5 heteroatoms. The summed E-state index contributed by atoms with van der Waals surface area (Å²) < 4.78 is 2.77. The Hall–Kier alpha value is -1.26. The highest BCUT2D eigenvalue weighted by atomic mass is 79.9. The highest BCUT2D eigenvalue weighted by Gasteiger charge is 2.14. The van der Waals surface area contributed by atoms with E-state index in [2.05, 4.69) is 28.2 Å². The Morgan fingerprint density at radius 3 is 2.90 bits per heavy atom. The molecule has 0 aliphatic carbocycles. The average Bonchev–Trinajstić information content (AvgIpc) is 2.76. The van der Waals surface area contributed by atoms with E-state index >= 15 is 0 Å². The van der Waals surface area contributed by atoms with E-state index in [4.69, 9.17) is 11.6 Å². The van der Waals surface area contributed by atoms with Crippen LogP contribution in [0.15, 0.2) is 34.9 Å². The predicted octanol–water partition coefficient (Wildman–Crippen LogP) is 4.87. The molecule has 106 valence electrons. The Morgan fingerprint density at radius 2 is 2.20 bits per heavy atom. The van der Waals surface area contributed by atoms with Crippen molar-refractivity contribution < 1.29 is 4.79 Å². The van der Waals surface area contributed by atoms with Gasteiger partial charge >= 0.3 is 0 Å². The van der Waals surface area contributed by atoms with Gasteiger partial charge in [0.15, 0.2) is 0 Å². The van der Waals surface area contributed by atoms with Crippen LogP contribution >= 0.6 is 27.5 Å². The monoisotopic (exact) mass is 354 g/mol. The number of benzene rings is 1. The predicted molar refractivity (Wildman–Crippen MR) is 86.6 cm³/mol. The molecule has 0 atom stereocenters. The number of carbonyl (C=O) groups excluding carboxylic acids is 1. The summed E-state index contributed by atoms with van der Waals surface area (Å²) in [6.45, 7) is 4.81. The van der Waals surface area contributed by atoms with Crippen molar-refractivity contribution >= 4 is 39.1 Å². The van der Waals surface area contributed by atoms with Crippen molar-refractivity contribution in [3.05, 3.63) is 51.2 Å². The third-order valence-corrected chi connectivity index (χ3v) is 4.26. The molecule has 0 spiro atoms. The molecule has 0 aliphatic rings. The molecule has 1 aromatic carbocycles. The van der Waals surface area contributed by atoms with Crippen molar-refractivity contribution in [1.82, 2.24) is 4.57 Å². The van der Waals surface area contributed by atoms with Crippen molar-refractivity contribution in [2.75, 3.05) is 5.32 Å². The first-order valence-corrected chi connectivity index (χ1v) is 7.62. The van der Waals surface area contributed by atoms with Gasteiger partial charge in [0.05, 0.1) is 10.7 Å². The molecular weight excluding hydrogens is 340 g/mol. The molecule has 1 amide bonds. The smallest absolute Gasteiger partial charge is 0.272 e. The number of aromatic nitrogens is 1. The van der Waals surface area contributed by atoms with Gasteiger partial charge in [0.1, 0.15) is 5.69 Å². The van der Waals surface area contributed by atoms with Crippen LogP contribution in [0.1, 0.15) is 29.4 Å². The van der Waals surface area contributed by atoms with Crippen molar-refractivity contribution in [2.45, 2.75) is 26.8 Å². The number of amides is 1. The largest absolute Gasteiger partial charge is 0.342 e. The minimum atomic E-state index is -0.156. The molecule has 0 saturated carbocycles. The molecule has 0 fully saturated rings. The molecule has 0 radical (unpaired) electrons. The molecule has 2 rings (SSSR count). The fourth-order valence-corrected chi connectivity index (χ4v) is 2.61. The van der Waals surface area contributed by atoms with Crippen molar-refractivity contribution in [2.24, 2.45) is 0 Å². The standard InChI is InChI=1S/C15H16BrClN2O/c1-3-7-19-9-11(17)8-13(19)15(20)18-12-6-4-5-10(2)14(12)16/h4-6,8-9H,3,7H2,1-2H3,(H,18,20). The molecule has 1 N–H and O–H groups in total. The zero-order chi connectivity index (χ0) is 14.7. The van der Waals surface area contributed by atoms with Crippen LogP contribution in [0.3, 0.4) is 0 Å². The average molecular weight is 356 g/mol. The van der Waals surface area contributed by atoms with Crippen LogP contribution in [0.25, 0.3) is 0 Å². The number of carbonyl (C=O) groups is 1. The summed E-state index contributed by atoms with van der Waals surface area (Å²) in [7, 11) is 0. The zero-order valence-electron chi connectivity index (χ0n) is 11.4. The van der Waals surface area contributed by atoms with Gasteiger partial charge in [-0.3, -0.25) is 4.79 Å². The lowest BCUT2D eigenvalue weighted by molar-refractivity contribution is 0.101. The molecule has 2 aromatic rings. The lowest BCUT2D eigenvalue weighted by Crippen LogP contribution is -2.17. The Morgan fingerprint density at radius 1 is 1.45 bits per heavy atom. The van der Waals surface area contributed by atoms with Gasteiger partial charge in [-0.2, -0.15) is 0 Å². The molecule has 0 aliphatic heterocycles. The molecular formula is C15H16BrClN2O.